The monoisotopic (exact) mass is 375 g/mol. The predicted octanol–water partition coefficient (Wildman–Crippen LogP) is 2.01. The molecule has 0 bridgehead atoms. The van der Waals surface area contributed by atoms with E-state index in [1.807, 2.05) is 26.0 Å². The molecule has 0 unspecified atom stereocenters. The van der Waals surface area contributed by atoms with Crippen LogP contribution in [0.15, 0.2) is 53.4 Å². The molecule has 0 atom stereocenters. The van der Waals surface area contributed by atoms with E-state index in [9.17, 15) is 13.2 Å². The lowest BCUT2D eigenvalue weighted by Gasteiger charge is -2.10. The van der Waals surface area contributed by atoms with Gasteiger partial charge in [0.25, 0.3) is 5.91 Å². The van der Waals surface area contributed by atoms with Crippen LogP contribution in [0.3, 0.4) is 0 Å². The SMILES string of the molecule is CC(C)CNS(=O)(=O)c1ccc(CNC(=O)c2ccc(CN)cc2)cc1. The van der Waals surface area contributed by atoms with Gasteiger partial charge in [0.1, 0.15) is 0 Å². The number of benzene rings is 2. The van der Waals surface area contributed by atoms with Crippen LogP contribution in [0.2, 0.25) is 0 Å². The van der Waals surface area contributed by atoms with Gasteiger partial charge in [-0.25, -0.2) is 13.1 Å². The average Bonchev–Trinajstić information content (AvgIpc) is 2.65. The summed E-state index contributed by atoms with van der Waals surface area (Å²) >= 11 is 0. The molecule has 4 N–H and O–H groups in total. The highest BCUT2D eigenvalue weighted by molar-refractivity contribution is 7.89. The Bertz CT molecular complexity index is 829. The van der Waals surface area contributed by atoms with E-state index < -0.39 is 10.0 Å². The average molecular weight is 375 g/mol. The molecule has 0 saturated carbocycles. The molecule has 2 aromatic carbocycles. The third-order valence-electron chi connectivity index (χ3n) is 3.82. The molecule has 0 aliphatic carbocycles. The molecule has 1 amide bonds. The molecule has 0 aromatic heterocycles. The second kappa shape index (κ2) is 8.93. The molecule has 0 aliphatic heterocycles. The van der Waals surface area contributed by atoms with Gasteiger partial charge in [0.2, 0.25) is 10.0 Å². The van der Waals surface area contributed by atoms with Gasteiger partial charge in [0.05, 0.1) is 4.90 Å². The Morgan fingerprint density at radius 3 is 2.12 bits per heavy atom. The molecule has 2 rings (SSSR count). The number of nitrogens with two attached hydrogens (primary N) is 1. The number of sulfonamides is 1. The maximum absolute atomic E-state index is 12.2. The molecule has 2 aromatic rings. The molecule has 26 heavy (non-hydrogen) atoms. The lowest BCUT2D eigenvalue weighted by atomic mass is 10.1. The van der Waals surface area contributed by atoms with Gasteiger partial charge >= 0.3 is 0 Å². The molecular weight excluding hydrogens is 350 g/mol. The lowest BCUT2D eigenvalue weighted by molar-refractivity contribution is 0.0951. The van der Waals surface area contributed by atoms with Crippen LogP contribution in [0, 0.1) is 5.92 Å². The van der Waals surface area contributed by atoms with Gasteiger partial charge in [-0.2, -0.15) is 0 Å². The first-order valence-electron chi connectivity index (χ1n) is 8.47. The molecule has 7 heteroatoms. The quantitative estimate of drug-likeness (QED) is 0.657. The Hall–Kier alpha value is -2.22. The van der Waals surface area contributed by atoms with Crippen LogP contribution in [-0.2, 0) is 23.1 Å². The second-order valence-corrected chi connectivity index (χ2v) is 8.24. The van der Waals surface area contributed by atoms with E-state index in [0.717, 1.165) is 11.1 Å². The Morgan fingerprint density at radius 1 is 1.00 bits per heavy atom. The van der Waals surface area contributed by atoms with Gasteiger partial charge in [-0.05, 0) is 41.3 Å². The standard InChI is InChI=1S/C19H25N3O3S/c1-14(2)12-22-26(24,25)18-9-5-16(6-10-18)13-21-19(23)17-7-3-15(11-20)4-8-17/h3-10,14,22H,11-13,20H2,1-2H3,(H,21,23). The van der Waals surface area contributed by atoms with E-state index in [4.69, 9.17) is 5.73 Å². The summed E-state index contributed by atoms with van der Waals surface area (Å²) in [4.78, 5) is 12.4. The van der Waals surface area contributed by atoms with Crippen molar-refractivity contribution >= 4 is 15.9 Å². The van der Waals surface area contributed by atoms with E-state index in [0.29, 0.717) is 25.2 Å². The van der Waals surface area contributed by atoms with E-state index in [1.54, 1.807) is 36.4 Å². The minimum absolute atomic E-state index is 0.191. The summed E-state index contributed by atoms with van der Waals surface area (Å²) in [5, 5.41) is 2.82. The Kier molecular flexibility index (Phi) is 6.90. The molecule has 6 nitrogen and oxygen atoms in total. The van der Waals surface area contributed by atoms with E-state index in [-0.39, 0.29) is 16.7 Å². The highest BCUT2D eigenvalue weighted by atomic mass is 32.2. The number of carbonyl (C=O) groups excluding carboxylic acids is 1. The summed E-state index contributed by atoms with van der Waals surface area (Å²) in [5.41, 5.74) is 7.88. The second-order valence-electron chi connectivity index (χ2n) is 6.47. The van der Waals surface area contributed by atoms with Crippen molar-refractivity contribution in [2.45, 2.75) is 31.8 Å². The van der Waals surface area contributed by atoms with Crippen LogP contribution < -0.4 is 15.8 Å². The molecule has 0 spiro atoms. The van der Waals surface area contributed by atoms with E-state index >= 15 is 0 Å². The van der Waals surface area contributed by atoms with E-state index in [1.165, 1.54) is 0 Å². The minimum Gasteiger partial charge on any atom is -0.348 e. The van der Waals surface area contributed by atoms with Crippen LogP contribution in [0.4, 0.5) is 0 Å². The number of nitrogens with one attached hydrogen (secondary N) is 2. The maximum atomic E-state index is 12.2. The summed E-state index contributed by atoms with van der Waals surface area (Å²) < 4.78 is 26.9. The van der Waals surface area contributed by atoms with Crippen molar-refractivity contribution in [1.29, 1.82) is 0 Å². The van der Waals surface area contributed by atoms with Crippen LogP contribution in [0.1, 0.15) is 35.3 Å². The van der Waals surface area contributed by atoms with Crippen LogP contribution in [0.5, 0.6) is 0 Å². The molecule has 0 fully saturated rings. The van der Waals surface area contributed by atoms with Gasteiger partial charge in [-0.15, -0.1) is 0 Å². The zero-order chi connectivity index (χ0) is 19.2. The van der Waals surface area contributed by atoms with Gasteiger partial charge in [0, 0.05) is 25.2 Å². The van der Waals surface area contributed by atoms with Crippen molar-refractivity contribution in [2.75, 3.05) is 6.54 Å². The zero-order valence-electron chi connectivity index (χ0n) is 15.0. The number of rotatable bonds is 8. The minimum atomic E-state index is -3.50. The normalized spacial score (nSPS) is 11.5. The Labute approximate surface area is 154 Å². The van der Waals surface area contributed by atoms with Gasteiger partial charge in [0.15, 0.2) is 0 Å². The first-order valence-corrected chi connectivity index (χ1v) is 9.96. The Balaban J connectivity index is 1.95. The van der Waals surface area contributed by atoms with Gasteiger partial charge < -0.3 is 11.1 Å². The molecule has 0 heterocycles. The molecular formula is C19H25N3O3S. The van der Waals surface area contributed by atoms with Crippen molar-refractivity contribution in [2.24, 2.45) is 11.7 Å². The fourth-order valence-corrected chi connectivity index (χ4v) is 3.44. The van der Waals surface area contributed by atoms with Crippen molar-refractivity contribution in [3.63, 3.8) is 0 Å². The van der Waals surface area contributed by atoms with Crippen LogP contribution in [0.25, 0.3) is 0 Å². The topological polar surface area (TPSA) is 101 Å². The van der Waals surface area contributed by atoms with Gasteiger partial charge in [-0.3, -0.25) is 4.79 Å². The zero-order valence-corrected chi connectivity index (χ0v) is 15.8. The number of carbonyl (C=O) groups is 1. The summed E-state index contributed by atoms with van der Waals surface area (Å²) in [6.07, 6.45) is 0. The fraction of sp³-hybridized carbons (Fsp3) is 0.316. The first kappa shape index (κ1) is 20.1. The molecule has 0 radical (unpaired) electrons. The first-order chi connectivity index (χ1) is 12.3. The number of hydrogen-bond donors (Lipinski definition) is 3. The predicted molar refractivity (Wildman–Crippen MR) is 102 cm³/mol. The molecule has 140 valence electrons. The molecule has 0 aliphatic rings. The van der Waals surface area contributed by atoms with Crippen LogP contribution >= 0.6 is 0 Å². The summed E-state index contributed by atoms with van der Waals surface area (Å²) in [6, 6.07) is 13.6. The van der Waals surface area contributed by atoms with Crippen molar-refractivity contribution < 1.29 is 13.2 Å². The third-order valence-corrected chi connectivity index (χ3v) is 5.26. The fourth-order valence-electron chi connectivity index (χ4n) is 2.22. The van der Waals surface area contributed by atoms with Crippen molar-refractivity contribution in [3.8, 4) is 0 Å². The molecule has 0 saturated heterocycles. The van der Waals surface area contributed by atoms with Crippen LogP contribution in [-0.4, -0.2) is 20.9 Å². The highest BCUT2D eigenvalue weighted by Crippen LogP contribution is 2.11. The third kappa shape index (κ3) is 5.66. The smallest absolute Gasteiger partial charge is 0.251 e. The summed E-state index contributed by atoms with van der Waals surface area (Å²) in [7, 11) is -3.50. The van der Waals surface area contributed by atoms with E-state index in [2.05, 4.69) is 10.0 Å². The highest BCUT2D eigenvalue weighted by Gasteiger charge is 2.14. The maximum Gasteiger partial charge on any atom is 0.251 e. The van der Waals surface area contributed by atoms with Crippen molar-refractivity contribution in [3.05, 3.63) is 65.2 Å². The van der Waals surface area contributed by atoms with Crippen molar-refractivity contribution in [1.82, 2.24) is 10.0 Å². The Morgan fingerprint density at radius 2 is 1.58 bits per heavy atom. The summed E-state index contributed by atoms with van der Waals surface area (Å²) in [6.45, 7) is 5.03. The largest absolute Gasteiger partial charge is 0.348 e. The lowest BCUT2D eigenvalue weighted by Crippen LogP contribution is -2.27. The number of hydrogen-bond acceptors (Lipinski definition) is 4. The van der Waals surface area contributed by atoms with Gasteiger partial charge in [-0.1, -0.05) is 38.1 Å². The summed E-state index contributed by atoms with van der Waals surface area (Å²) in [5.74, 6) is 0.0436. The number of amides is 1.